The molecule has 1 amide bonds. The van der Waals surface area contributed by atoms with Crippen LogP contribution in [0.4, 0.5) is 14.6 Å². The van der Waals surface area contributed by atoms with E-state index in [2.05, 4.69) is 10.4 Å². The van der Waals surface area contributed by atoms with E-state index in [1.165, 1.54) is 12.1 Å². The summed E-state index contributed by atoms with van der Waals surface area (Å²) in [6, 6.07) is 4.84. The SMILES string of the molecule is CC(C)(O)C1CN(C(=O)C=Cc2cnn3ccc(N4CCC[C@@H]4c4cc(F)ccc4F)nc23)CCN1. The first-order chi connectivity index (χ1) is 17.2. The monoisotopic (exact) mass is 496 g/mol. The number of rotatable bonds is 5. The van der Waals surface area contributed by atoms with E-state index in [1.54, 1.807) is 41.7 Å². The molecule has 1 aromatic carbocycles. The van der Waals surface area contributed by atoms with Gasteiger partial charge in [-0.15, -0.1) is 0 Å². The van der Waals surface area contributed by atoms with Gasteiger partial charge in [-0.25, -0.2) is 18.3 Å². The molecule has 0 radical (unpaired) electrons. The van der Waals surface area contributed by atoms with Gasteiger partial charge in [0.25, 0.3) is 0 Å². The standard InChI is InChI=1S/C26H30F2N6O2/c1-26(2,36)22-16-32(13-10-29-22)24(35)8-5-17-15-30-34-12-9-23(31-25(17)34)33-11-3-4-21(33)19-14-18(27)6-7-20(19)28/h5-9,12,14-15,21-22,29,36H,3-4,10-11,13,16H2,1-2H3/t21-,22?/m1/s1. The number of hydrogen-bond donors (Lipinski definition) is 2. The Balaban J connectivity index is 1.37. The van der Waals surface area contributed by atoms with Crippen LogP contribution in [0.15, 0.2) is 42.7 Å². The number of nitrogens with zero attached hydrogens (tertiary/aromatic N) is 5. The van der Waals surface area contributed by atoms with Crippen LogP contribution in [0.2, 0.25) is 0 Å². The van der Waals surface area contributed by atoms with E-state index in [9.17, 15) is 18.7 Å². The fourth-order valence-corrected chi connectivity index (χ4v) is 4.98. The highest BCUT2D eigenvalue weighted by Gasteiger charge is 2.32. The van der Waals surface area contributed by atoms with Crippen molar-refractivity contribution in [3.05, 3.63) is 65.5 Å². The van der Waals surface area contributed by atoms with Gasteiger partial charge in [0.1, 0.15) is 17.5 Å². The van der Waals surface area contributed by atoms with E-state index in [0.29, 0.717) is 55.2 Å². The van der Waals surface area contributed by atoms with E-state index in [4.69, 9.17) is 4.98 Å². The third-order valence-electron chi connectivity index (χ3n) is 6.99. The number of benzene rings is 1. The molecule has 2 N–H and O–H groups in total. The van der Waals surface area contributed by atoms with Crippen LogP contribution in [0.1, 0.15) is 43.9 Å². The first-order valence-electron chi connectivity index (χ1n) is 12.2. The third-order valence-corrected chi connectivity index (χ3v) is 6.99. The van der Waals surface area contributed by atoms with Gasteiger partial charge in [0.15, 0.2) is 5.65 Å². The number of aliphatic hydroxyl groups is 1. The third kappa shape index (κ3) is 4.83. The number of aromatic nitrogens is 3. The number of nitrogens with one attached hydrogen (secondary N) is 1. The lowest BCUT2D eigenvalue weighted by molar-refractivity contribution is -0.128. The maximum Gasteiger partial charge on any atom is 0.246 e. The summed E-state index contributed by atoms with van der Waals surface area (Å²) in [4.78, 5) is 21.3. The topological polar surface area (TPSA) is 86.0 Å². The average molecular weight is 497 g/mol. The zero-order valence-corrected chi connectivity index (χ0v) is 20.4. The Morgan fingerprint density at radius 2 is 2.08 bits per heavy atom. The molecule has 4 heterocycles. The van der Waals surface area contributed by atoms with Crippen LogP contribution >= 0.6 is 0 Å². The molecule has 36 heavy (non-hydrogen) atoms. The molecule has 1 unspecified atom stereocenters. The van der Waals surface area contributed by atoms with Gasteiger partial charge in [0, 0.05) is 49.6 Å². The Bertz CT molecular complexity index is 1300. The number of carbonyl (C=O) groups is 1. The Morgan fingerprint density at radius 1 is 1.25 bits per heavy atom. The molecule has 2 aliphatic heterocycles. The van der Waals surface area contributed by atoms with Crippen LogP contribution in [0, 0.1) is 11.6 Å². The molecule has 2 aliphatic rings. The lowest BCUT2D eigenvalue weighted by Crippen LogP contribution is -2.60. The van der Waals surface area contributed by atoms with Gasteiger partial charge in [0.05, 0.1) is 23.9 Å². The summed E-state index contributed by atoms with van der Waals surface area (Å²) in [6.07, 6.45) is 8.14. The molecule has 2 atom stereocenters. The molecule has 5 rings (SSSR count). The molecule has 10 heteroatoms. The second-order valence-electron chi connectivity index (χ2n) is 9.95. The molecule has 2 saturated heterocycles. The van der Waals surface area contributed by atoms with E-state index in [0.717, 1.165) is 18.6 Å². The second kappa shape index (κ2) is 9.59. The molecular weight excluding hydrogens is 466 g/mol. The minimum absolute atomic E-state index is 0.151. The molecule has 0 saturated carbocycles. The number of hydrogen-bond acceptors (Lipinski definition) is 6. The van der Waals surface area contributed by atoms with Crippen molar-refractivity contribution >= 4 is 23.4 Å². The Kier molecular flexibility index (Phi) is 6.48. The highest BCUT2D eigenvalue weighted by molar-refractivity contribution is 5.92. The molecule has 190 valence electrons. The van der Waals surface area contributed by atoms with Gasteiger partial charge in [-0.05, 0) is 57.0 Å². The van der Waals surface area contributed by atoms with Crippen molar-refractivity contribution < 1.29 is 18.7 Å². The Labute approximate surface area is 208 Å². The zero-order valence-electron chi connectivity index (χ0n) is 20.4. The highest BCUT2D eigenvalue weighted by atomic mass is 19.1. The van der Waals surface area contributed by atoms with Crippen LogP contribution in [-0.4, -0.2) is 68.3 Å². The summed E-state index contributed by atoms with van der Waals surface area (Å²) in [7, 11) is 0. The first-order valence-corrected chi connectivity index (χ1v) is 12.2. The molecule has 0 bridgehead atoms. The minimum atomic E-state index is -0.937. The summed E-state index contributed by atoms with van der Waals surface area (Å²) in [5.41, 5.74) is 0.630. The van der Waals surface area contributed by atoms with Crippen LogP contribution in [0.5, 0.6) is 0 Å². The predicted octanol–water partition coefficient (Wildman–Crippen LogP) is 2.93. The maximum atomic E-state index is 14.5. The number of piperazine rings is 1. The van der Waals surface area contributed by atoms with Gasteiger partial charge in [-0.3, -0.25) is 4.79 Å². The largest absolute Gasteiger partial charge is 0.389 e. The van der Waals surface area contributed by atoms with E-state index in [1.807, 2.05) is 11.0 Å². The predicted molar refractivity (Wildman–Crippen MR) is 132 cm³/mol. The van der Waals surface area contributed by atoms with E-state index >= 15 is 0 Å². The smallest absolute Gasteiger partial charge is 0.246 e. The van der Waals surface area contributed by atoms with E-state index < -0.39 is 17.2 Å². The molecule has 3 aromatic rings. The van der Waals surface area contributed by atoms with Gasteiger partial charge >= 0.3 is 0 Å². The van der Waals surface area contributed by atoms with Crippen molar-refractivity contribution in [3.63, 3.8) is 0 Å². The van der Waals surface area contributed by atoms with Crippen LogP contribution < -0.4 is 10.2 Å². The maximum absolute atomic E-state index is 14.5. The van der Waals surface area contributed by atoms with Crippen LogP contribution in [-0.2, 0) is 4.79 Å². The van der Waals surface area contributed by atoms with Crippen molar-refractivity contribution in [1.29, 1.82) is 0 Å². The molecule has 8 nitrogen and oxygen atoms in total. The minimum Gasteiger partial charge on any atom is -0.389 e. The number of halogens is 2. The molecule has 2 aromatic heterocycles. The number of fused-ring (bicyclic) bond motifs is 1. The first kappa shape index (κ1) is 24.3. The quantitative estimate of drug-likeness (QED) is 0.529. The molecular formula is C26H30F2N6O2. The van der Waals surface area contributed by atoms with Crippen molar-refractivity contribution in [1.82, 2.24) is 24.8 Å². The lowest BCUT2D eigenvalue weighted by Gasteiger charge is -2.39. The fraction of sp³-hybridized carbons (Fsp3) is 0.423. The van der Waals surface area contributed by atoms with Gasteiger partial charge in [0.2, 0.25) is 5.91 Å². The second-order valence-corrected chi connectivity index (χ2v) is 9.95. The Hall–Kier alpha value is -3.37. The number of amides is 1. The van der Waals surface area contributed by atoms with E-state index in [-0.39, 0.29) is 18.0 Å². The summed E-state index contributed by atoms with van der Waals surface area (Å²) in [5.74, 6) is -0.402. The van der Waals surface area contributed by atoms with Crippen LogP contribution in [0.3, 0.4) is 0 Å². The van der Waals surface area contributed by atoms with Gasteiger partial charge in [-0.1, -0.05) is 0 Å². The van der Waals surface area contributed by atoms with Crippen molar-refractivity contribution in [2.45, 2.75) is 44.4 Å². The Morgan fingerprint density at radius 3 is 2.89 bits per heavy atom. The normalized spacial score (nSPS) is 21.1. The van der Waals surface area contributed by atoms with Gasteiger partial charge in [-0.2, -0.15) is 5.10 Å². The summed E-state index contributed by atoms with van der Waals surface area (Å²) in [5, 5.41) is 17.9. The molecule has 2 fully saturated rings. The van der Waals surface area contributed by atoms with Crippen molar-refractivity contribution in [3.8, 4) is 0 Å². The number of anilines is 1. The summed E-state index contributed by atoms with van der Waals surface area (Å²) >= 11 is 0. The van der Waals surface area contributed by atoms with Crippen LogP contribution in [0.25, 0.3) is 11.7 Å². The average Bonchev–Trinajstić information content (AvgIpc) is 3.50. The fourth-order valence-electron chi connectivity index (χ4n) is 4.98. The van der Waals surface area contributed by atoms with Crippen molar-refractivity contribution in [2.75, 3.05) is 31.1 Å². The zero-order chi connectivity index (χ0) is 25.4. The summed E-state index contributed by atoms with van der Waals surface area (Å²) < 4.78 is 30.0. The molecule has 0 spiro atoms. The summed E-state index contributed by atoms with van der Waals surface area (Å²) in [6.45, 7) is 5.71. The number of carbonyl (C=O) groups excluding carboxylic acids is 1. The highest BCUT2D eigenvalue weighted by Crippen LogP contribution is 2.37. The lowest BCUT2D eigenvalue weighted by atomic mass is 9.97. The molecule has 0 aliphatic carbocycles. The van der Waals surface area contributed by atoms with Gasteiger partial charge < -0.3 is 20.2 Å². The van der Waals surface area contributed by atoms with Crippen molar-refractivity contribution in [2.24, 2.45) is 0 Å².